The van der Waals surface area contributed by atoms with Crippen LogP contribution in [0, 0.1) is 18.3 Å². The molecule has 0 aliphatic heterocycles. The average Bonchev–Trinajstić information content (AvgIpc) is 1.79. The van der Waals surface area contributed by atoms with E-state index in [-0.39, 0.29) is 129 Å². The number of rotatable bonds is 55. The van der Waals surface area contributed by atoms with Gasteiger partial charge in [-0.2, -0.15) is 0 Å². The zero-order valence-corrected chi connectivity index (χ0v) is 65.0. The van der Waals surface area contributed by atoms with Gasteiger partial charge in [-0.15, -0.1) is 12.3 Å². The van der Waals surface area contributed by atoms with Gasteiger partial charge in [-0.1, -0.05) is 61.8 Å². The van der Waals surface area contributed by atoms with E-state index in [9.17, 15) is 71.9 Å². The van der Waals surface area contributed by atoms with Crippen LogP contribution in [0.2, 0.25) is 0 Å². The number of nitrogens with zero attached hydrogens (tertiary/aromatic N) is 4. The molecule has 41 nitrogen and oxygen atoms in total. The van der Waals surface area contributed by atoms with Gasteiger partial charge in [0.05, 0.1) is 13.0 Å². The van der Waals surface area contributed by atoms with Crippen LogP contribution in [0.1, 0.15) is 141 Å². The number of benzene rings is 2. The average molecular weight is 1610 g/mol. The first kappa shape index (κ1) is 95.0. The van der Waals surface area contributed by atoms with E-state index in [0.29, 0.717) is 52.2 Å². The van der Waals surface area contributed by atoms with Gasteiger partial charge in [0.15, 0.2) is 5.96 Å². The van der Waals surface area contributed by atoms with Crippen molar-refractivity contribution in [2.45, 2.75) is 209 Å². The molecule has 2 aromatic carbocycles. The summed E-state index contributed by atoms with van der Waals surface area (Å²) >= 11 is 0. The lowest BCUT2D eigenvalue weighted by atomic mass is 10.0. The van der Waals surface area contributed by atoms with Gasteiger partial charge in [0.1, 0.15) is 66.5 Å². The van der Waals surface area contributed by atoms with Crippen LogP contribution < -0.4 is 110 Å². The van der Waals surface area contributed by atoms with Crippen LogP contribution in [0.5, 0.6) is 0 Å². The topological polar surface area (TPSA) is 701 Å². The minimum absolute atomic E-state index is 0.00539. The SMILES string of the molecule is C#CC[C@H](NC(=O)[C@H](Cc1c[nH]c2ccccc12)NC(=O)[C@H](CCCN=C(N)N)NC(C)=O)C(=O)N[C@@H](CCCCN)C(=O)N[C@H](C(=O)N[C@@H](CC(N)=O)C(=O)NCC(=O)N[C@@H](CCCN)C(=O)N[C@@H](Cc1c[nH]c2ccccc12)C(=O)N[C@@H](CCCCN=[N+]=[N-])C(=O)N[C@@H](CCCCN)C(=O)N[C@@H](CCC(N)=O)C(N)=O)C(C)C. The quantitative estimate of drug-likeness (QED) is 0.00379. The number of hydrogen-bond acceptors (Lipinski definition) is 20. The number of aliphatic imine (C=N–C) groups is 1. The number of carbonyl (C=O) groups is 15. The number of terminal acetylenes is 1. The van der Waals surface area contributed by atoms with E-state index in [1.54, 1.807) is 60.9 Å². The number of unbranched alkanes of at least 4 members (excludes halogenated alkanes) is 3. The lowest BCUT2D eigenvalue weighted by Crippen LogP contribution is -2.61. The molecule has 41 heteroatoms. The zero-order valence-electron chi connectivity index (χ0n) is 65.0. The molecule has 628 valence electrons. The van der Waals surface area contributed by atoms with Crippen molar-refractivity contribution in [3.8, 4) is 12.3 Å². The molecule has 30 N–H and O–H groups in total. The molecule has 15 amide bonds. The van der Waals surface area contributed by atoms with Crippen molar-refractivity contribution >= 4 is 116 Å². The van der Waals surface area contributed by atoms with Gasteiger partial charge in [-0.05, 0) is 138 Å². The zero-order chi connectivity index (χ0) is 85.1. The van der Waals surface area contributed by atoms with Gasteiger partial charge < -0.3 is 120 Å². The maximum absolute atomic E-state index is 14.8. The van der Waals surface area contributed by atoms with Gasteiger partial charge in [0, 0.05) is 84.8 Å². The summed E-state index contributed by atoms with van der Waals surface area (Å²) in [5.74, 6) is -12.3. The first-order valence-corrected chi connectivity index (χ1v) is 38.0. The second-order valence-corrected chi connectivity index (χ2v) is 27.8. The fourth-order valence-corrected chi connectivity index (χ4v) is 12.2. The normalized spacial score (nSPS) is 13.9. The van der Waals surface area contributed by atoms with Crippen molar-refractivity contribution in [2.75, 3.05) is 39.3 Å². The number of aromatic nitrogens is 2. The Kier molecular flexibility index (Phi) is 41.7. The van der Waals surface area contributed by atoms with Crippen molar-refractivity contribution in [1.82, 2.24) is 73.8 Å². The van der Waals surface area contributed by atoms with Gasteiger partial charge >= 0.3 is 0 Å². The van der Waals surface area contributed by atoms with Gasteiger partial charge in [-0.25, -0.2) is 0 Å². The number of amides is 15. The Bertz CT molecular complexity index is 4110. The van der Waals surface area contributed by atoms with E-state index >= 15 is 0 Å². The molecule has 0 spiro atoms. The Morgan fingerprint density at radius 3 is 1.33 bits per heavy atom. The molecule has 0 aliphatic carbocycles. The third-order valence-corrected chi connectivity index (χ3v) is 18.3. The highest BCUT2D eigenvalue weighted by atomic mass is 16.2. The molecule has 0 aliphatic rings. The monoisotopic (exact) mass is 1600 g/mol. The van der Waals surface area contributed by atoms with Crippen molar-refractivity contribution in [1.29, 1.82) is 0 Å². The van der Waals surface area contributed by atoms with Crippen LogP contribution in [0.25, 0.3) is 32.2 Å². The third kappa shape index (κ3) is 33.8. The standard InChI is InChI=1S/C74H112N26O15/c1-5-18-50(92-71(113)56(35-43-38-85-47-21-8-6-19-45(43)47)96-66(108)51(89-42(4)101)27-17-33-84-74(81)82)65(107)94-55(24-11-14-31-76)70(112)99-62(41(2)3)73(115)98-58(37-60(79)103)64(106)87-40-61(104)90-52(26-16-32-77)67(109)97-57(36-44-39-86-48-22-9-7-20-46(44)48)72(114)95-54(25-12-15-34-88-100-83)69(111)93-53(23-10-13-30-75)68(110)91-49(63(80)105)28-29-59(78)102/h1,6-9,19-22,38-39,41,49-58,62,85-86H,10-18,23-37,40,75-77H2,2-4H3,(H2,78,102)(H2,79,103)(H2,80,105)(H,87,106)(H,89,101)(H,90,104)(H,91,110)(H,92,113)(H,93,111)(H,94,107)(H,95,114)(H,96,108)(H,97,109)(H,98,115)(H,99,112)(H4,81,82,84)/t49-,50-,51-,52-,53-,54-,55-,56-,57-,58-,62-/m0/s1. The maximum Gasteiger partial charge on any atom is 0.244 e. The number of para-hydroxylation sites is 2. The van der Waals surface area contributed by atoms with E-state index in [2.05, 4.69) is 94.7 Å². The number of nitrogens with one attached hydrogen (secondary N) is 14. The van der Waals surface area contributed by atoms with Crippen LogP contribution in [-0.2, 0) is 84.8 Å². The summed E-state index contributed by atoms with van der Waals surface area (Å²) < 4.78 is 0. The predicted octanol–water partition coefficient (Wildman–Crippen LogP) is -4.26. The molecule has 4 aromatic rings. The molecular formula is C74H112N26O15. The van der Waals surface area contributed by atoms with E-state index in [1.165, 1.54) is 20.8 Å². The van der Waals surface area contributed by atoms with Crippen LogP contribution in [-0.4, -0.2) is 210 Å². The van der Waals surface area contributed by atoms with E-state index in [1.807, 2.05) is 0 Å². The number of H-pyrrole nitrogens is 2. The Morgan fingerprint density at radius 2 is 0.878 bits per heavy atom. The summed E-state index contributed by atoms with van der Waals surface area (Å²) in [5, 5.41) is 35.8. The van der Waals surface area contributed by atoms with Crippen molar-refractivity contribution in [2.24, 2.45) is 61.9 Å². The summed E-state index contributed by atoms with van der Waals surface area (Å²) in [6, 6.07) is -1.80. The summed E-state index contributed by atoms with van der Waals surface area (Å²) in [6.45, 7) is 3.92. The molecule has 0 bridgehead atoms. The number of fused-ring (bicyclic) bond motifs is 2. The number of hydrogen-bond donors (Lipinski definition) is 22. The molecule has 2 aromatic heterocycles. The molecule has 4 rings (SSSR count). The Hall–Kier alpha value is -12.4. The minimum Gasteiger partial charge on any atom is -0.370 e. The fourth-order valence-electron chi connectivity index (χ4n) is 12.2. The smallest absolute Gasteiger partial charge is 0.244 e. The predicted molar refractivity (Wildman–Crippen MR) is 426 cm³/mol. The van der Waals surface area contributed by atoms with Crippen LogP contribution in [0.3, 0.4) is 0 Å². The molecule has 115 heavy (non-hydrogen) atoms. The third-order valence-electron chi connectivity index (χ3n) is 18.3. The minimum atomic E-state index is -1.80. The number of primary amides is 3. The molecule has 0 saturated carbocycles. The van der Waals surface area contributed by atoms with E-state index in [4.69, 9.17) is 57.8 Å². The maximum atomic E-state index is 14.8. The first-order valence-electron chi connectivity index (χ1n) is 38.0. The number of carbonyl (C=O) groups excluding carboxylic acids is 15. The van der Waals surface area contributed by atoms with Gasteiger partial charge in [-0.3, -0.25) is 76.9 Å². The molecule has 0 fully saturated rings. The van der Waals surface area contributed by atoms with E-state index in [0.717, 1.165) is 0 Å². The lowest BCUT2D eigenvalue weighted by molar-refractivity contribution is -0.136. The van der Waals surface area contributed by atoms with Crippen molar-refractivity contribution in [3.05, 3.63) is 82.5 Å². The van der Waals surface area contributed by atoms with Gasteiger partial charge in [0.25, 0.3) is 0 Å². The van der Waals surface area contributed by atoms with Crippen LogP contribution in [0.15, 0.2) is 71.0 Å². The highest BCUT2D eigenvalue weighted by Gasteiger charge is 2.37. The van der Waals surface area contributed by atoms with Crippen LogP contribution in [0.4, 0.5) is 0 Å². The molecule has 11 atom stereocenters. The molecule has 0 saturated heterocycles. The molecule has 2 heterocycles. The van der Waals surface area contributed by atoms with Crippen LogP contribution >= 0.6 is 0 Å². The molecule has 0 unspecified atom stereocenters. The molecular weight excluding hydrogens is 1490 g/mol. The first-order chi connectivity index (χ1) is 54.8. The van der Waals surface area contributed by atoms with Crippen molar-refractivity contribution < 1.29 is 71.9 Å². The fraction of sp³-hybridized carbons (Fsp3) is 0.541. The number of aromatic amines is 2. The number of nitrogens with two attached hydrogens (primary N) is 8. The number of guanidine groups is 1. The highest BCUT2D eigenvalue weighted by Crippen LogP contribution is 2.22. The Labute approximate surface area is 664 Å². The van der Waals surface area contributed by atoms with Crippen molar-refractivity contribution in [3.63, 3.8) is 0 Å². The summed E-state index contributed by atoms with van der Waals surface area (Å²) in [6.07, 6.45) is 8.66. The second kappa shape index (κ2) is 50.6. The van der Waals surface area contributed by atoms with E-state index < -0.39 is 180 Å². The summed E-state index contributed by atoms with van der Waals surface area (Å²) in [4.78, 5) is 219. The number of azide groups is 1. The molecule has 0 radical (unpaired) electrons. The second-order valence-electron chi connectivity index (χ2n) is 27.8. The highest BCUT2D eigenvalue weighted by molar-refractivity contribution is 6.01. The van der Waals surface area contributed by atoms with Gasteiger partial charge in [0.2, 0.25) is 88.6 Å². The Balaban J connectivity index is 1.57. The Morgan fingerprint density at radius 1 is 0.461 bits per heavy atom. The lowest BCUT2D eigenvalue weighted by Gasteiger charge is -2.28. The largest absolute Gasteiger partial charge is 0.370 e. The summed E-state index contributed by atoms with van der Waals surface area (Å²) in [7, 11) is 0. The summed E-state index contributed by atoms with van der Waals surface area (Å²) in [5.41, 5.74) is 56.2.